The van der Waals surface area contributed by atoms with Gasteiger partial charge in [-0.3, -0.25) is 4.79 Å². The SMILES string of the molecule is Cn1cncc1CCC(=O)N1CCCC[C@@H]1C(=O)OC(C)(C)C. The van der Waals surface area contributed by atoms with Gasteiger partial charge in [-0.1, -0.05) is 0 Å². The summed E-state index contributed by atoms with van der Waals surface area (Å²) in [6.07, 6.45) is 7.10. The molecule has 0 N–H and O–H groups in total. The molecule has 0 saturated carbocycles. The highest BCUT2D eigenvalue weighted by atomic mass is 16.6. The van der Waals surface area contributed by atoms with Gasteiger partial charge in [0.05, 0.1) is 6.33 Å². The Morgan fingerprint density at radius 3 is 2.70 bits per heavy atom. The minimum Gasteiger partial charge on any atom is -0.458 e. The van der Waals surface area contributed by atoms with Crippen LogP contribution in [0.3, 0.4) is 0 Å². The number of hydrogen-bond donors (Lipinski definition) is 0. The van der Waals surface area contributed by atoms with Crippen LogP contribution in [-0.4, -0.2) is 44.5 Å². The van der Waals surface area contributed by atoms with Crippen LogP contribution in [0.5, 0.6) is 0 Å². The molecule has 1 aromatic heterocycles. The molecule has 0 spiro atoms. The molecule has 1 amide bonds. The number of aromatic nitrogens is 2. The molecule has 2 rings (SSSR count). The van der Waals surface area contributed by atoms with Crippen LogP contribution in [0.2, 0.25) is 0 Å². The molecule has 1 atom stereocenters. The van der Waals surface area contributed by atoms with E-state index in [1.54, 1.807) is 17.4 Å². The van der Waals surface area contributed by atoms with Crippen molar-refractivity contribution in [2.45, 2.75) is 64.5 Å². The van der Waals surface area contributed by atoms with Crippen LogP contribution in [0.1, 0.15) is 52.1 Å². The number of carbonyl (C=O) groups excluding carboxylic acids is 2. The van der Waals surface area contributed by atoms with Gasteiger partial charge in [-0.15, -0.1) is 0 Å². The van der Waals surface area contributed by atoms with Crippen LogP contribution < -0.4 is 0 Å². The standard InChI is InChI=1S/C17H27N3O3/c1-17(2,3)23-16(22)14-7-5-6-10-20(14)15(21)9-8-13-11-18-12-19(13)4/h11-12,14H,5-10H2,1-4H3/t14-/m1/s1. The second kappa shape index (κ2) is 7.15. The zero-order valence-electron chi connectivity index (χ0n) is 14.5. The molecular weight excluding hydrogens is 294 g/mol. The van der Waals surface area contributed by atoms with Crippen molar-refractivity contribution in [3.8, 4) is 0 Å². The number of esters is 1. The molecule has 0 unspecified atom stereocenters. The number of amides is 1. The minimum atomic E-state index is -0.530. The summed E-state index contributed by atoms with van der Waals surface area (Å²) in [4.78, 5) is 30.7. The van der Waals surface area contributed by atoms with E-state index in [2.05, 4.69) is 4.98 Å². The molecule has 2 heterocycles. The molecule has 1 aromatic rings. The summed E-state index contributed by atoms with van der Waals surface area (Å²) in [5.74, 6) is -0.271. The Hall–Kier alpha value is -1.85. The zero-order valence-corrected chi connectivity index (χ0v) is 14.5. The molecule has 0 radical (unpaired) electrons. The first-order valence-electron chi connectivity index (χ1n) is 8.25. The topological polar surface area (TPSA) is 64.4 Å². The van der Waals surface area contributed by atoms with Crippen LogP contribution >= 0.6 is 0 Å². The normalized spacial score (nSPS) is 18.8. The van der Waals surface area contributed by atoms with Gasteiger partial charge in [0.25, 0.3) is 0 Å². The maximum absolute atomic E-state index is 12.6. The van der Waals surface area contributed by atoms with Crippen LogP contribution in [0.4, 0.5) is 0 Å². The number of nitrogens with zero attached hydrogens (tertiary/aromatic N) is 3. The average Bonchev–Trinajstić information content (AvgIpc) is 2.88. The summed E-state index contributed by atoms with van der Waals surface area (Å²) >= 11 is 0. The van der Waals surface area contributed by atoms with Gasteiger partial charge < -0.3 is 14.2 Å². The van der Waals surface area contributed by atoms with E-state index in [4.69, 9.17) is 4.74 Å². The van der Waals surface area contributed by atoms with Crippen LogP contribution in [0.25, 0.3) is 0 Å². The lowest BCUT2D eigenvalue weighted by Gasteiger charge is -2.35. The third-order valence-electron chi connectivity index (χ3n) is 4.01. The van der Waals surface area contributed by atoms with Crippen molar-refractivity contribution in [2.24, 2.45) is 7.05 Å². The number of imidazole rings is 1. The number of ether oxygens (including phenoxy) is 1. The molecule has 23 heavy (non-hydrogen) atoms. The van der Waals surface area contributed by atoms with E-state index in [-0.39, 0.29) is 11.9 Å². The van der Waals surface area contributed by atoms with E-state index in [1.807, 2.05) is 32.4 Å². The summed E-state index contributed by atoms with van der Waals surface area (Å²) in [5, 5.41) is 0. The highest BCUT2D eigenvalue weighted by molar-refractivity contribution is 5.85. The predicted molar refractivity (Wildman–Crippen MR) is 86.7 cm³/mol. The van der Waals surface area contributed by atoms with Crippen LogP contribution in [0.15, 0.2) is 12.5 Å². The smallest absolute Gasteiger partial charge is 0.329 e. The summed E-state index contributed by atoms with van der Waals surface area (Å²) in [7, 11) is 1.91. The van der Waals surface area contributed by atoms with Crippen molar-refractivity contribution in [2.75, 3.05) is 6.54 Å². The molecule has 1 aliphatic heterocycles. The monoisotopic (exact) mass is 321 g/mol. The Labute approximate surface area is 137 Å². The molecular formula is C17H27N3O3. The van der Waals surface area contributed by atoms with E-state index in [0.717, 1.165) is 18.5 Å². The maximum atomic E-state index is 12.6. The third-order valence-corrected chi connectivity index (χ3v) is 4.01. The fraction of sp³-hybridized carbons (Fsp3) is 0.706. The average molecular weight is 321 g/mol. The van der Waals surface area contributed by atoms with E-state index in [9.17, 15) is 9.59 Å². The molecule has 0 bridgehead atoms. The van der Waals surface area contributed by atoms with Crippen LogP contribution in [-0.2, 0) is 27.8 Å². The molecule has 128 valence electrons. The Morgan fingerprint density at radius 1 is 1.35 bits per heavy atom. The van der Waals surface area contributed by atoms with Crippen molar-refractivity contribution in [1.82, 2.24) is 14.5 Å². The van der Waals surface area contributed by atoms with Crippen molar-refractivity contribution < 1.29 is 14.3 Å². The fourth-order valence-electron chi connectivity index (χ4n) is 2.85. The molecule has 1 aliphatic rings. The molecule has 0 aromatic carbocycles. The predicted octanol–water partition coefficient (Wildman–Crippen LogP) is 2.08. The number of rotatable bonds is 4. The lowest BCUT2D eigenvalue weighted by Crippen LogP contribution is -2.50. The van der Waals surface area contributed by atoms with E-state index in [1.165, 1.54) is 0 Å². The lowest BCUT2D eigenvalue weighted by atomic mass is 10.0. The lowest BCUT2D eigenvalue weighted by molar-refractivity contribution is -0.166. The Kier molecular flexibility index (Phi) is 5.44. The second-order valence-corrected chi connectivity index (χ2v) is 7.13. The quantitative estimate of drug-likeness (QED) is 0.797. The Morgan fingerprint density at radius 2 is 2.09 bits per heavy atom. The van der Waals surface area contributed by atoms with Gasteiger partial charge in [-0.25, -0.2) is 9.78 Å². The first-order valence-corrected chi connectivity index (χ1v) is 8.25. The molecule has 1 saturated heterocycles. The Balaban J connectivity index is 1.98. The molecule has 0 aliphatic carbocycles. The summed E-state index contributed by atoms with van der Waals surface area (Å²) < 4.78 is 7.39. The first kappa shape index (κ1) is 17.5. The first-order chi connectivity index (χ1) is 10.8. The Bertz CT molecular complexity index is 560. The molecule has 1 fully saturated rings. The van der Waals surface area contributed by atoms with Gasteiger partial charge in [0, 0.05) is 31.9 Å². The third kappa shape index (κ3) is 4.81. The number of aryl methyl sites for hydroxylation is 2. The number of likely N-dealkylation sites (tertiary alicyclic amines) is 1. The number of hydrogen-bond acceptors (Lipinski definition) is 4. The van der Waals surface area contributed by atoms with Gasteiger partial charge in [-0.05, 0) is 46.5 Å². The van der Waals surface area contributed by atoms with E-state index >= 15 is 0 Å². The summed E-state index contributed by atoms with van der Waals surface area (Å²) in [6.45, 7) is 6.18. The highest BCUT2D eigenvalue weighted by Crippen LogP contribution is 2.22. The van der Waals surface area contributed by atoms with E-state index < -0.39 is 11.6 Å². The van der Waals surface area contributed by atoms with Gasteiger partial charge in [0.2, 0.25) is 5.91 Å². The van der Waals surface area contributed by atoms with Gasteiger partial charge in [0.15, 0.2) is 0 Å². The second-order valence-electron chi connectivity index (χ2n) is 7.13. The number of carbonyl (C=O) groups is 2. The number of piperidine rings is 1. The van der Waals surface area contributed by atoms with Crippen molar-refractivity contribution >= 4 is 11.9 Å². The van der Waals surface area contributed by atoms with Gasteiger partial charge >= 0.3 is 5.97 Å². The minimum absolute atomic E-state index is 0.0155. The van der Waals surface area contributed by atoms with Crippen molar-refractivity contribution in [1.29, 1.82) is 0 Å². The highest BCUT2D eigenvalue weighted by Gasteiger charge is 2.34. The van der Waals surface area contributed by atoms with E-state index in [0.29, 0.717) is 25.8 Å². The zero-order chi connectivity index (χ0) is 17.0. The van der Waals surface area contributed by atoms with Gasteiger partial charge in [-0.2, -0.15) is 0 Å². The van der Waals surface area contributed by atoms with Gasteiger partial charge in [0.1, 0.15) is 11.6 Å². The van der Waals surface area contributed by atoms with Crippen LogP contribution in [0, 0.1) is 0 Å². The fourth-order valence-corrected chi connectivity index (χ4v) is 2.85. The molecule has 6 nitrogen and oxygen atoms in total. The van der Waals surface area contributed by atoms with Crippen molar-refractivity contribution in [3.05, 3.63) is 18.2 Å². The molecule has 6 heteroatoms. The summed E-state index contributed by atoms with van der Waals surface area (Å²) in [5.41, 5.74) is 0.488. The largest absolute Gasteiger partial charge is 0.458 e. The van der Waals surface area contributed by atoms with Crippen molar-refractivity contribution in [3.63, 3.8) is 0 Å². The maximum Gasteiger partial charge on any atom is 0.329 e. The summed E-state index contributed by atoms with van der Waals surface area (Å²) in [6, 6.07) is -0.443.